The summed E-state index contributed by atoms with van der Waals surface area (Å²) in [5.74, 6) is 0.744. The molecule has 0 saturated carbocycles. The zero-order chi connectivity index (χ0) is 10.6. The average molecular weight is 199 g/mol. The minimum absolute atomic E-state index is 0.0931. The van der Waals surface area contributed by atoms with Crippen LogP contribution in [0.3, 0.4) is 0 Å². The van der Waals surface area contributed by atoms with Crippen molar-refractivity contribution in [2.24, 2.45) is 5.92 Å². The lowest BCUT2D eigenvalue weighted by Gasteiger charge is -2.42. The van der Waals surface area contributed by atoms with Gasteiger partial charge in [0.05, 0.1) is 6.54 Å². The highest BCUT2D eigenvalue weighted by Crippen LogP contribution is 2.16. The third-order valence-electron chi connectivity index (χ3n) is 2.64. The Kier molecular flexibility index (Phi) is 4.35. The van der Waals surface area contributed by atoms with Crippen molar-refractivity contribution < 1.29 is 4.79 Å². The number of likely N-dealkylation sites (N-methyl/N-ethyl adjacent to an activating group) is 1. The number of rotatable bonds is 5. The van der Waals surface area contributed by atoms with E-state index in [1.165, 1.54) is 0 Å². The van der Waals surface area contributed by atoms with Gasteiger partial charge in [0.25, 0.3) is 0 Å². The summed E-state index contributed by atoms with van der Waals surface area (Å²) in [6, 6.07) is 0.638. The largest absolute Gasteiger partial charge is 0.355 e. The van der Waals surface area contributed by atoms with Crippen LogP contribution >= 0.6 is 0 Å². The predicted molar refractivity (Wildman–Crippen MR) is 57.1 cm³/mol. The van der Waals surface area contributed by atoms with Crippen LogP contribution in [0.4, 0.5) is 0 Å². The summed E-state index contributed by atoms with van der Waals surface area (Å²) >= 11 is 0. The Morgan fingerprint density at radius 3 is 2.64 bits per heavy atom. The molecule has 1 rings (SSSR count). The molecule has 0 unspecified atom stereocenters. The molecule has 1 aliphatic heterocycles. The summed E-state index contributed by atoms with van der Waals surface area (Å²) in [4.78, 5) is 13.5. The summed E-state index contributed by atoms with van der Waals surface area (Å²) in [7, 11) is 1.78. The van der Waals surface area contributed by atoms with Gasteiger partial charge in [-0.25, -0.2) is 0 Å². The van der Waals surface area contributed by atoms with Crippen molar-refractivity contribution in [2.45, 2.75) is 19.9 Å². The first-order valence-electron chi connectivity index (χ1n) is 5.28. The first-order valence-corrected chi connectivity index (χ1v) is 5.28. The van der Waals surface area contributed by atoms with Gasteiger partial charge in [-0.2, -0.15) is 0 Å². The Labute approximate surface area is 86.0 Å². The molecule has 0 bridgehead atoms. The zero-order valence-electron chi connectivity index (χ0n) is 9.34. The van der Waals surface area contributed by atoms with Gasteiger partial charge in [-0.3, -0.25) is 4.79 Å². The second kappa shape index (κ2) is 5.32. The summed E-state index contributed by atoms with van der Waals surface area (Å²) in [6.07, 6.45) is 0. The standard InChI is InChI=1S/C10H21N3O/c1-8(2)13-6-9(7-13)4-12-10(14)5-11-3/h8-9,11H,4-7H2,1-3H3,(H,12,14). The number of likely N-dealkylation sites (tertiary alicyclic amines) is 1. The first-order chi connectivity index (χ1) is 6.63. The van der Waals surface area contributed by atoms with Gasteiger partial charge in [0, 0.05) is 31.6 Å². The van der Waals surface area contributed by atoms with Gasteiger partial charge < -0.3 is 15.5 Å². The van der Waals surface area contributed by atoms with E-state index in [0.29, 0.717) is 18.5 Å². The molecule has 1 aliphatic rings. The molecular formula is C10H21N3O. The molecule has 4 nitrogen and oxygen atoms in total. The molecule has 1 fully saturated rings. The molecule has 0 atom stereocenters. The minimum Gasteiger partial charge on any atom is -0.355 e. The number of hydrogen-bond acceptors (Lipinski definition) is 3. The summed E-state index contributed by atoms with van der Waals surface area (Å²) in [6.45, 7) is 7.89. The number of carbonyl (C=O) groups is 1. The van der Waals surface area contributed by atoms with E-state index < -0.39 is 0 Å². The molecule has 0 aromatic carbocycles. The van der Waals surface area contributed by atoms with Crippen LogP contribution in [0.1, 0.15) is 13.8 Å². The first kappa shape index (κ1) is 11.5. The van der Waals surface area contributed by atoms with Crippen LogP contribution in [-0.4, -0.2) is 50.1 Å². The Bertz CT molecular complexity index is 188. The lowest BCUT2D eigenvalue weighted by atomic mass is 9.98. The van der Waals surface area contributed by atoms with Crippen LogP contribution in [0, 0.1) is 5.92 Å². The highest BCUT2D eigenvalue weighted by molar-refractivity contribution is 5.77. The summed E-state index contributed by atoms with van der Waals surface area (Å²) in [5.41, 5.74) is 0. The van der Waals surface area contributed by atoms with E-state index in [1.54, 1.807) is 7.05 Å². The number of amides is 1. The van der Waals surface area contributed by atoms with Gasteiger partial charge in [0.2, 0.25) is 5.91 Å². The van der Waals surface area contributed by atoms with Crippen LogP contribution in [0.25, 0.3) is 0 Å². The van der Waals surface area contributed by atoms with E-state index in [4.69, 9.17) is 0 Å². The van der Waals surface area contributed by atoms with Gasteiger partial charge in [-0.1, -0.05) is 0 Å². The predicted octanol–water partition coefficient (Wildman–Crippen LogP) is -0.338. The quantitative estimate of drug-likeness (QED) is 0.637. The average Bonchev–Trinajstić information content (AvgIpc) is 2.01. The van der Waals surface area contributed by atoms with E-state index in [1.807, 2.05) is 0 Å². The second-order valence-electron chi connectivity index (χ2n) is 4.25. The van der Waals surface area contributed by atoms with Crippen molar-refractivity contribution in [3.05, 3.63) is 0 Å². The number of nitrogens with zero attached hydrogens (tertiary/aromatic N) is 1. The van der Waals surface area contributed by atoms with Crippen molar-refractivity contribution in [3.63, 3.8) is 0 Å². The maximum atomic E-state index is 11.1. The highest BCUT2D eigenvalue weighted by Gasteiger charge is 2.28. The second-order valence-corrected chi connectivity index (χ2v) is 4.25. The van der Waals surface area contributed by atoms with Crippen molar-refractivity contribution in [3.8, 4) is 0 Å². The fraction of sp³-hybridized carbons (Fsp3) is 0.900. The van der Waals surface area contributed by atoms with Gasteiger partial charge in [0.15, 0.2) is 0 Å². The lowest BCUT2D eigenvalue weighted by molar-refractivity contribution is -0.120. The van der Waals surface area contributed by atoms with E-state index in [9.17, 15) is 4.79 Å². The topological polar surface area (TPSA) is 44.4 Å². The van der Waals surface area contributed by atoms with Crippen molar-refractivity contribution >= 4 is 5.91 Å². The van der Waals surface area contributed by atoms with Gasteiger partial charge >= 0.3 is 0 Å². The Morgan fingerprint density at radius 2 is 2.14 bits per heavy atom. The molecule has 1 amide bonds. The summed E-state index contributed by atoms with van der Waals surface area (Å²) in [5, 5.41) is 5.75. The molecule has 0 aromatic rings. The molecular weight excluding hydrogens is 178 g/mol. The van der Waals surface area contributed by atoms with Crippen LogP contribution in [0.15, 0.2) is 0 Å². The van der Waals surface area contributed by atoms with Gasteiger partial charge in [-0.05, 0) is 20.9 Å². The fourth-order valence-corrected chi connectivity index (χ4v) is 1.64. The van der Waals surface area contributed by atoms with E-state index in [-0.39, 0.29) is 5.91 Å². The number of hydrogen-bond donors (Lipinski definition) is 2. The molecule has 0 radical (unpaired) electrons. The molecule has 1 saturated heterocycles. The monoisotopic (exact) mass is 199 g/mol. The molecule has 0 aromatic heterocycles. The van der Waals surface area contributed by atoms with Crippen molar-refractivity contribution in [1.82, 2.24) is 15.5 Å². The smallest absolute Gasteiger partial charge is 0.233 e. The normalized spacial score (nSPS) is 18.3. The van der Waals surface area contributed by atoms with E-state index in [2.05, 4.69) is 29.4 Å². The molecule has 4 heteroatoms. The Morgan fingerprint density at radius 1 is 1.50 bits per heavy atom. The van der Waals surface area contributed by atoms with Crippen LogP contribution < -0.4 is 10.6 Å². The third kappa shape index (κ3) is 3.27. The minimum atomic E-state index is 0.0931. The molecule has 0 aliphatic carbocycles. The van der Waals surface area contributed by atoms with E-state index in [0.717, 1.165) is 19.6 Å². The van der Waals surface area contributed by atoms with Gasteiger partial charge in [0.1, 0.15) is 0 Å². The molecule has 0 spiro atoms. The Balaban J connectivity index is 2.03. The highest BCUT2D eigenvalue weighted by atomic mass is 16.1. The van der Waals surface area contributed by atoms with Crippen LogP contribution in [-0.2, 0) is 4.79 Å². The maximum absolute atomic E-state index is 11.1. The van der Waals surface area contributed by atoms with Crippen LogP contribution in [0.5, 0.6) is 0 Å². The summed E-state index contributed by atoms with van der Waals surface area (Å²) < 4.78 is 0. The SMILES string of the molecule is CNCC(=O)NCC1CN(C(C)C)C1. The molecule has 82 valence electrons. The molecule has 1 heterocycles. The van der Waals surface area contributed by atoms with E-state index >= 15 is 0 Å². The molecule has 2 N–H and O–H groups in total. The lowest BCUT2D eigenvalue weighted by Crippen LogP contribution is -2.54. The number of nitrogens with one attached hydrogen (secondary N) is 2. The van der Waals surface area contributed by atoms with Gasteiger partial charge in [-0.15, -0.1) is 0 Å². The third-order valence-corrected chi connectivity index (χ3v) is 2.64. The fourth-order valence-electron chi connectivity index (χ4n) is 1.64. The van der Waals surface area contributed by atoms with Crippen LogP contribution in [0.2, 0.25) is 0 Å². The van der Waals surface area contributed by atoms with Crippen molar-refractivity contribution in [2.75, 3.05) is 33.2 Å². The zero-order valence-corrected chi connectivity index (χ0v) is 9.34. The maximum Gasteiger partial charge on any atom is 0.233 e. The Hall–Kier alpha value is -0.610. The van der Waals surface area contributed by atoms with Crippen molar-refractivity contribution in [1.29, 1.82) is 0 Å². The number of carbonyl (C=O) groups excluding carboxylic acids is 1. The molecule has 14 heavy (non-hydrogen) atoms.